The van der Waals surface area contributed by atoms with Gasteiger partial charge in [0.15, 0.2) is 0 Å². The van der Waals surface area contributed by atoms with Crippen molar-refractivity contribution in [3.8, 4) is 0 Å². The standard InChI is InChI=1S/C19H24N2O/c1-2-13-12-21-10-8-14(13)11-18(21)19(22)16-7-9-20-17-6-4-3-5-15(16)17/h3-7,9,13-14,18-19,22H,2,8,10-12H2,1H3/t13-,14?,18+,19-/m0/s1. The van der Waals surface area contributed by atoms with E-state index in [9.17, 15) is 5.11 Å². The molecule has 5 atom stereocenters. The SMILES string of the molecule is CC[C@H]1C[N@@]2CCC1C[C@@H]2[C@@H](O)c1ccnc2ccccc12. The number of benzene rings is 1. The van der Waals surface area contributed by atoms with Crippen LogP contribution in [0.1, 0.15) is 37.9 Å². The predicted octanol–water partition coefficient (Wildman–Crippen LogP) is 3.39. The van der Waals surface area contributed by atoms with E-state index in [1.54, 1.807) is 0 Å². The molecule has 3 fully saturated rings. The zero-order chi connectivity index (χ0) is 15.1. The summed E-state index contributed by atoms with van der Waals surface area (Å²) in [4.78, 5) is 6.94. The van der Waals surface area contributed by atoms with Gasteiger partial charge in [-0.2, -0.15) is 0 Å². The first-order valence-electron chi connectivity index (χ1n) is 8.53. The molecule has 0 spiro atoms. The number of hydrogen-bond acceptors (Lipinski definition) is 3. The lowest BCUT2D eigenvalue weighted by molar-refractivity contribution is -0.0562. The van der Waals surface area contributed by atoms with Crippen LogP contribution in [0.3, 0.4) is 0 Å². The van der Waals surface area contributed by atoms with Crippen molar-refractivity contribution >= 4 is 10.9 Å². The van der Waals surface area contributed by atoms with Crippen molar-refractivity contribution in [2.45, 2.75) is 38.3 Å². The van der Waals surface area contributed by atoms with E-state index in [1.165, 1.54) is 12.8 Å². The van der Waals surface area contributed by atoms with Gasteiger partial charge < -0.3 is 5.11 Å². The largest absolute Gasteiger partial charge is 0.387 e. The molecule has 3 aliphatic heterocycles. The Balaban J connectivity index is 1.66. The molecule has 0 aliphatic carbocycles. The quantitative estimate of drug-likeness (QED) is 0.943. The fourth-order valence-corrected chi connectivity index (χ4v) is 4.55. The third kappa shape index (κ3) is 2.24. The minimum atomic E-state index is -0.409. The molecule has 3 aliphatic rings. The van der Waals surface area contributed by atoms with E-state index in [2.05, 4.69) is 22.9 Å². The molecule has 0 saturated carbocycles. The summed E-state index contributed by atoms with van der Waals surface area (Å²) in [5.74, 6) is 1.62. The van der Waals surface area contributed by atoms with Crippen molar-refractivity contribution in [1.29, 1.82) is 0 Å². The average molecular weight is 296 g/mol. The highest BCUT2D eigenvalue weighted by atomic mass is 16.3. The summed E-state index contributed by atoms with van der Waals surface area (Å²) in [6, 6.07) is 10.4. The second-order valence-electron chi connectivity index (χ2n) is 6.88. The molecule has 1 aromatic heterocycles. The first-order valence-corrected chi connectivity index (χ1v) is 8.53. The van der Waals surface area contributed by atoms with Gasteiger partial charge in [0.1, 0.15) is 0 Å². The summed E-state index contributed by atoms with van der Waals surface area (Å²) in [5, 5.41) is 12.1. The lowest BCUT2D eigenvalue weighted by Crippen LogP contribution is -2.55. The molecular formula is C19H24N2O. The molecule has 22 heavy (non-hydrogen) atoms. The van der Waals surface area contributed by atoms with Gasteiger partial charge in [-0.3, -0.25) is 9.88 Å². The Labute approximate surface area is 132 Å². The van der Waals surface area contributed by atoms with Crippen molar-refractivity contribution in [1.82, 2.24) is 9.88 Å². The topological polar surface area (TPSA) is 36.4 Å². The lowest BCUT2D eigenvalue weighted by atomic mass is 9.72. The van der Waals surface area contributed by atoms with Crippen LogP contribution in [0, 0.1) is 11.8 Å². The van der Waals surface area contributed by atoms with E-state index in [0.29, 0.717) is 0 Å². The normalized spacial score (nSPS) is 32.3. The van der Waals surface area contributed by atoms with E-state index in [1.807, 2.05) is 30.5 Å². The molecule has 2 bridgehead atoms. The average Bonchev–Trinajstić information content (AvgIpc) is 2.60. The Hall–Kier alpha value is -1.45. The van der Waals surface area contributed by atoms with E-state index >= 15 is 0 Å². The second kappa shape index (κ2) is 5.64. The van der Waals surface area contributed by atoms with Crippen LogP contribution in [0.25, 0.3) is 10.9 Å². The van der Waals surface area contributed by atoms with Crippen LogP contribution in [0.2, 0.25) is 0 Å². The zero-order valence-corrected chi connectivity index (χ0v) is 13.2. The van der Waals surface area contributed by atoms with Crippen molar-refractivity contribution < 1.29 is 5.11 Å². The van der Waals surface area contributed by atoms with Crippen molar-refractivity contribution in [3.05, 3.63) is 42.1 Å². The number of pyridine rings is 1. The smallest absolute Gasteiger partial charge is 0.0952 e. The van der Waals surface area contributed by atoms with Gasteiger partial charge in [0.05, 0.1) is 11.6 Å². The summed E-state index contributed by atoms with van der Waals surface area (Å²) in [5.41, 5.74) is 2.01. The number of aliphatic hydroxyl groups is 1. The first-order chi connectivity index (χ1) is 10.8. The maximum atomic E-state index is 11.1. The highest BCUT2D eigenvalue weighted by Crippen LogP contribution is 2.42. The van der Waals surface area contributed by atoms with Crippen LogP contribution < -0.4 is 0 Å². The van der Waals surface area contributed by atoms with E-state index in [4.69, 9.17) is 0 Å². The highest BCUT2D eigenvalue weighted by Gasteiger charge is 2.42. The molecule has 3 heteroatoms. The number of aromatic nitrogens is 1. The van der Waals surface area contributed by atoms with Crippen LogP contribution in [0.5, 0.6) is 0 Å². The van der Waals surface area contributed by atoms with Gasteiger partial charge in [0.25, 0.3) is 0 Å². The van der Waals surface area contributed by atoms with E-state index in [-0.39, 0.29) is 6.04 Å². The van der Waals surface area contributed by atoms with Crippen molar-refractivity contribution in [2.24, 2.45) is 11.8 Å². The number of piperidine rings is 3. The van der Waals surface area contributed by atoms with Crippen molar-refractivity contribution in [3.63, 3.8) is 0 Å². The number of para-hydroxylation sites is 1. The van der Waals surface area contributed by atoms with E-state index in [0.717, 1.165) is 47.8 Å². The molecule has 116 valence electrons. The highest BCUT2D eigenvalue weighted by molar-refractivity contribution is 5.82. The predicted molar refractivity (Wildman–Crippen MR) is 88.6 cm³/mol. The molecule has 0 amide bonds. The molecule has 0 radical (unpaired) electrons. The van der Waals surface area contributed by atoms with Gasteiger partial charge in [-0.15, -0.1) is 0 Å². The Morgan fingerprint density at radius 1 is 1.32 bits per heavy atom. The molecule has 3 nitrogen and oxygen atoms in total. The lowest BCUT2D eigenvalue weighted by Gasteiger charge is -2.51. The minimum absolute atomic E-state index is 0.271. The number of aliphatic hydroxyl groups excluding tert-OH is 1. The summed E-state index contributed by atoms with van der Waals surface area (Å²) in [6.45, 7) is 4.60. The molecule has 4 heterocycles. The molecular weight excluding hydrogens is 272 g/mol. The fourth-order valence-electron chi connectivity index (χ4n) is 4.55. The van der Waals surface area contributed by atoms with Gasteiger partial charge in [-0.05, 0) is 48.9 Å². The summed E-state index contributed by atoms with van der Waals surface area (Å²) in [7, 11) is 0. The van der Waals surface area contributed by atoms with E-state index < -0.39 is 6.10 Å². The zero-order valence-electron chi connectivity index (χ0n) is 13.2. The summed E-state index contributed by atoms with van der Waals surface area (Å²) in [6.07, 6.45) is 5.12. The Morgan fingerprint density at radius 2 is 2.18 bits per heavy atom. The van der Waals surface area contributed by atoms with Crippen LogP contribution in [-0.2, 0) is 0 Å². The molecule has 5 rings (SSSR count). The third-order valence-corrected chi connectivity index (χ3v) is 5.83. The number of hydrogen-bond donors (Lipinski definition) is 1. The number of fused-ring (bicyclic) bond motifs is 4. The fraction of sp³-hybridized carbons (Fsp3) is 0.526. The Morgan fingerprint density at radius 3 is 2.95 bits per heavy atom. The maximum absolute atomic E-state index is 11.1. The monoisotopic (exact) mass is 296 g/mol. The molecule has 1 unspecified atom stereocenters. The molecule has 1 N–H and O–H groups in total. The Kier molecular flexibility index (Phi) is 3.63. The number of rotatable bonds is 3. The van der Waals surface area contributed by atoms with Gasteiger partial charge in [-0.25, -0.2) is 0 Å². The van der Waals surface area contributed by atoms with Gasteiger partial charge in [0, 0.05) is 24.2 Å². The Bertz CT molecular complexity index is 666. The first kappa shape index (κ1) is 14.2. The maximum Gasteiger partial charge on any atom is 0.0952 e. The second-order valence-corrected chi connectivity index (χ2v) is 6.88. The third-order valence-electron chi connectivity index (χ3n) is 5.83. The van der Waals surface area contributed by atoms with Crippen LogP contribution in [0.4, 0.5) is 0 Å². The van der Waals surface area contributed by atoms with Crippen LogP contribution >= 0.6 is 0 Å². The van der Waals surface area contributed by atoms with Gasteiger partial charge in [0.2, 0.25) is 0 Å². The van der Waals surface area contributed by atoms with Crippen molar-refractivity contribution in [2.75, 3.05) is 13.1 Å². The van der Waals surface area contributed by atoms with Gasteiger partial charge >= 0.3 is 0 Å². The van der Waals surface area contributed by atoms with Gasteiger partial charge in [-0.1, -0.05) is 31.5 Å². The van der Waals surface area contributed by atoms with Crippen LogP contribution in [-0.4, -0.2) is 34.1 Å². The summed E-state index contributed by atoms with van der Waals surface area (Å²) >= 11 is 0. The molecule has 1 aromatic carbocycles. The molecule has 3 saturated heterocycles. The number of nitrogens with zero attached hydrogens (tertiary/aromatic N) is 2. The van der Waals surface area contributed by atoms with Crippen LogP contribution in [0.15, 0.2) is 36.5 Å². The molecule has 2 aromatic rings. The minimum Gasteiger partial charge on any atom is -0.387 e. The summed E-state index contributed by atoms with van der Waals surface area (Å²) < 4.78 is 0.